The van der Waals surface area contributed by atoms with Crippen LogP contribution in [0.3, 0.4) is 0 Å². The Kier molecular flexibility index (Phi) is 5.43. The molecule has 0 aliphatic rings. The first-order chi connectivity index (χ1) is 8.09. The summed E-state index contributed by atoms with van der Waals surface area (Å²) < 4.78 is 0. The van der Waals surface area contributed by atoms with Crippen molar-refractivity contribution in [2.24, 2.45) is 0 Å². The van der Waals surface area contributed by atoms with Gasteiger partial charge >= 0.3 is 0 Å². The maximum atomic E-state index is 11.8. The molecule has 1 rings (SSSR count). The molecular weight excluding hydrogens is 212 g/mol. The molecule has 1 aromatic carbocycles. The van der Waals surface area contributed by atoms with Gasteiger partial charge in [0.1, 0.15) is 0 Å². The molecule has 0 aromatic heterocycles. The van der Waals surface area contributed by atoms with Gasteiger partial charge in [0.25, 0.3) is 0 Å². The Hall–Kier alpha value is -1.61. The number of likely N-dealkylation sites (N-methyl/N-ethyl adjacent to an activating group) is 1. The lowest BCUT2D eigenvalue weighted by Gasteiger charge is -2.11. The predicted octanol–water partition coefficient (Wildman–Crippen LogP) is 1.92. The van der Waals surface area contributed by atoms with Crippen LogP contribution in [0.5, 0.6) is 0 Å². The van der Waals surface area contributed by atoms with Gasteiger partial charge < -0.3 is 10.2 Å². The number of carbonyl (C=O) groups is 1. The first-order valence-corrected chi connectivity index (χ1v) is 5.76. The third kappa shape index (κ3) is 5.31. The average Bonchev–Trinajstić information content (AvgIpc) is 2.29. The Morgan fingerprint density at radius 1 is 1.29 bits per heavy atom. The number of hydrogen-bond donors (Lipinski definition) is 1. The molecule has 0 aliphatic heterocycles. The minimum absolute atomic E-state index is 0.0421. The summed E-state index contributed by atoms with van der Waals surface area (Å²) in [6.07, 6.45) is 1.64. The highest BCUT2D eigenvalue weighted by Crippen LogP contribution is 2.02. The molecule has 0 heterocycles. The zero-order valence-electron chi connectivity index (χ0n) is 10.7. The zero-order valence-corrected chi connectivity index (χ0v) is 10.7. The molecule has 0 saturated heterocycles. The third-order valence-electron chi connectivity index (χ3n) is 2.37. The quantitative estimate of drug-likeness (QED) is 0.601. The number of ketones is 1. The van der Waals surface area contributed by atoms with Crippen LogP contribution in [0.2, 0.25) is 0 Å². The van der Waals surface area contributed by atoms with Gasteiger partial charge in [-0.25, -0.2) is 0 Å². The molecule has 0 unspecified atom stereocenters. The maximum absolute atomic E-state index is 11.8. The third-order valence-corrected chi connectivity index (χ3v) is 2.37. The van der Waals surface area contributed by atoms with E-state index in [0.29, 0.717) is 0 Å². The van der Waals surface area contributed by atoms with Gasteiger partial charge in [0.05, 0.1) is 0 Å². The molecule has 0 radical (unpaired) electrons. The highest BCUT2D eigenvalue weighted by atomic mass is 16.1. The van der Waals surface area contributed by atoms with Gasteiger partial charge in [-0.15, -0.1) is 0 Å². The van der Waals surface area contributed by atoms with Crippen LogP contribution in [-0.2, 0) is 0 Å². The van der Waals surface area contributed by atoms with E-state index in [0.717, 1.165) is 24.4 Å². The Balaban J connectivity index is 2.48. The smallest absolute Gasteiger partial charge is 0.187 e. The number of nitrogens with zero attached hydrogens (tertiary/aromatic N) is 1. The fraction of sp³-hybridized carbons (Fsp3) is 0.357. The average molecular weight is 232 g/mol. The van der Waals surface area contributed by atoms with E-state index in [1.807, 2.05) is 51.4 Å². The van der Waals surface area contributed by atoms with Gasteiger partial charge in [0, 0.05) is 30.4 Å². The lowest BCUT2D eigenvalue weighted by molar-refractivity contribution is 0.104. The van der Waals surface area contributed by atoms with Crippen LogP contribution in [0.25, 0.3) is 0 Å². The normalized spacial score (nSPS) is 11.6. The minimum Gasteiger partial charge on any atom is -0.387 e. The van der Waals surface area contributed by atoms with E-state index >= 15 is 0 Å². The first-order valence-electron chi connectivity index (χ1n) is 5.76. The number of allylic oxidation sites excluding steroid dienone is 2. The van der Waals surface area contributed by atoms with Gasteiger partial charge in [0.2, 0.25) is 0 Å². The zero-order chi connectivity index (χ0) is 12.7. The maximum Gasteiger partial charge on any atom is 0.187 e. The molecule has 0 amide bonds. The first kappa shape index (κ1) is 13.5. The van der Waals surface area contributed by atoms with Gasteiger partial charge in [-0.3, -0.25) is 4.79 Å². The van der Waals surface area contributed by atoms with Gasteiger partial charge in [-0.05, 0) is 21.0 Å². The van der Waals surface area contributed by atoms with Crippen LogP contribution < -0.4 is 5.32 Å². The lowest BCUT2D eigenvalue weighted by atomic mass is 10.1. The summed E-state index contributed by atoms with van der Waals surface area (Å²) in [7, 11) is 4.05. The van der Waals surface area contributed by atoms with E-state index in [-0.39, 0.29) is 5.78 Å². The molecule has 17 heavy (non-hydrogen) atoms. The molecule has 0 atom stereocenters. The van der Waals surface area contributed by atoms with Gasteiger partial charge in [0.15, 0.2) is 5.78 Å². The van der Waals surface area contributed by atoms with Crippen LogP contribution in [0, 0.1) is 0 Å². The topological polar surface area (TPSA) is 32.3 Å². The van der Waals surface area contributed by atoms with E-state index in [2.05, 4.69) is 10.2 Å². The van der Waals surface area contributed by atoms with Crippen molar-refractivity contribution in [2.75, 3.05) is 27.2 Å². The number of nitrogens with one attached hydrogen (secondary N) is 1. The van der Waals surface area contributed by atoms with Crippen molar-refractivity contribution >= 4 is 5.78 Å². The van der Waals surface area contributed by atoms with Crippen LogP contribution >= 0.6 is 0 Å². The summed E-state index contributed by atoms with van der Waals surface area (Å²) in [6, 6.07) is 9.30. The largest absolute Gasteiger partial charge is 0.387 e. The molecule has 3 nitrogen and oxygen atoms in total. The molecule has 0 saturated carbocycles. The Morgan fingerprint density at radius 3 is 2.53 bits per heavy atom. The Bertz CT molecular complexity index is 382. The minimum atomic E-state index is 0.0421. The number of rotatable bonds is 6. The second kappa shape index (κ2) is 6.86. The molecule has 92 valence electrons. The standard InChI is InChI=1S/C14H20N2O/c1-12(15-9-10-16(2)3)11-14(17)13-7-5-4-6-8-13/h4-8,11,15H,9-10H2,1-3H3/b12-11-. The van der Waals surface area contributed by atoms with Crippen LogP contribution in [-0.4, -0.2) is 37.9 Å². The molecule has 1 aromatic rings. The second-order valence-electron chi connectivity index (χ2n) is 4.29. The summed E-state index contributed by atoms with van der Waals surface area (Å²) >= 11 is 0. The molecule has 0 spiro atoms. The highest BCUT2D eigenvalue weighted by Gasteiger charge is 2.01. The van der Waals surface area contributed by atoms with Crippen molar-refractivity contribution in [2.45, 2.75) is 6.92 Å². The Labute approximate surface area is 103 Å². The second-order valence-corrected chi connectivity index (χ2v) is 4.29. The highest BCUT2D eigenvalue weighted by molar-refractivity contribution is 6.04. The molecular formula is C14H20N2O. The summed E-state index contributed by atoms with van der Waals surface area (Å²) in [5.41, 5.74) is 1.63. The SMILES string of the molecule is C/C(=C/C(=O)c1ccccc1)NCCN(C)C. The van der Waals surface area contributed by atoms with Crippen LogP contribution in [0.4, 0.5) is 0 Å². The monoisotopic (exact) mass is 232 g/mol. The van der Waals surface area contributed by atoms with Crippen molar-refractivity contribution in [1.29, 1.82) is 0 Å². The van der Waals surface area contributed by atoms with Crippen molar-refractivity contribution in [3.63, 3.8) is 0 Å². The fourth-order valence-electron chi connectivity index (χ4n) is 1.41. The van der Waals surface area contributed by atoms with Crippen LogP contribution in [0.1, 0.15) is 17.3 Å². The van der Waals surface area contributed by atoms with Gasteiger partial charge in [-0.1, -0.05) is 30.3 Å². The van der Waals surface area contributed by atoms with E-state index in [1.54, 1.807) is 6.08 Å². The summed E-state index contributed by atoms with van der Waals surface area (Å²) in [4.78, 5) is 13.9. The molecule has 0 aliphatic carbocycles. The lowest BCUT2D eigenvalue weighted by Crippen LogP contribution is -2.25. The Morgan fingerprint density at radius 2 is 1.94 bits per heavy atom. The van der Waals surface area contributed by atoms with E-state index in [1.165, 1.54) is 0 Å². The molecule has 0 bridgehead atoms. The molecule has 1 N–H and O–H groups in total. The van der Waals surface area contributed by atoms with E-state index < -0.39 is 0 Å². The number of carbonyl (C=O) groups excluding carboxylic acids is 1. The van der Waals surface area contributed by atoms with E-state index in [4.69, 9.17) is 0 Å². The fourth-order valence-corrected chi connectivity index (χ4v) is 1.41. The van der Waals surface area contributed by atoms with Crippen molar-refractivity contribution in [3.8, 4) is 0 Å². The van der Waals surface area contributed by atoms with Crippen LogP contribution in [0.15, 0.2) is 42.1 Å². The summed E-state index contributed by atoms with van der Waals surface area (Å²) in [6.45, 7) is 3.71. The summed E-state index contributed by atoms with van der Waals surface area (Å²) in [5.74, 6) is 0.0421. The van der Waals surface area contributed by atoms with Crippen molar-refractivity contribution < 1.29 is 4.79 Å². The van der Waals surface area contributed by atoms with Crippen molar-refractivity contribution in [1.82, 2.24) is 10.2 Å². The van der Waals surface area contributed by atoms with Gasteiger partial charge in [-0.2, -0.15) is 0 Å². The summed E-state index contributed by atoms with van der Waals surface area (Å²) in [5, 5.41) is 3.21. The number of benzene rings is 1. The molecule has 0 fully saturated rings. The van der Waals surface area contributed by atoms with E-state index in [9.17, 15) is 4.79 Å². The predicted molar refractivity (Wildman–Crippen MR) is 71.1 cm³/mol. The molecule has 3 heteroatoms. The number of hydrogen-bond acceptors (Lipinski definition) is 3. The van der Waals surface area contributed by atoms with Crippen molar-refractivity contribution in [3.05, 3.63) is 47.7 Å².